The van der Waals surface area contributed by atoms with Gasteiger partial charge in [0.2, 0.25) is 0 Å². The summed E-state index contributed by atoms with van der Waals surface area (Å²) in [6.07, 6.45) is 11.5. The molecule has 0 aromatic heterocycles. The van der Waals surface area contributed by atoms with E-state index >= 15 is 0 Å². The van der Waals surface area contributed by atoms with Crippen molar-refractivity contribution in [1.82, 2.24) is 0 Å². The minimum absolute atomic E-state index is 0. The summed E-state index contributed by atoms with van der Waals surface area (Å²) in [4.78, 5) is 0. The molecule has 4 rings (SSSR count). The molecule has 0 N–H and O–H groups in total. The Morgan fingerprint density at radius 3 is 2.32 bits per heavy atom. The number of hydrogen-bond acceptors (Lipinski definition) is 0. The maximum Gasteiger partial charge on any atom is 4.00 e. The van der Waals surface area contributed by atoms with Crippen molar-refractivity contribution >= 4 is 24.0 Å². The molecule has 2 aliphatic rings. The summed E-state index contributed by atoms with van der Waals surface area (Å²) in [7, 11) is -0.956. The second-order valence-electron chi connectivity index (χ2n) is 5.79. The molecule has 1 aliphatic carbocycles. The number of halogens is 2. The van der Waals surface area contributed by atoms with Crippen LogP contribution in [0.2, 0.25) is 18.6 Å². The normalized spacial score (nSPS) is 16.4. The number of hydrogen-bond donors (Lipinski definition) is 0. The fourth-order valence-electron chi connectivity index (χ4n) is 2.83. The number of benzene rings is 1. The smallest absolute Gasteiger partial charge is 1.00 e. The average Bonchev–Trinajstić information content (AvgIpc) is 3.07. The van der Waals surface area contributed by atoms with E-state index in [1.807, 2.05) is 12.2 Å². The molecule has 0 spiro atoms. The summed E-state index contributed by atoms with van der Waals surface area (Å²) in [5, 5.41) is 4.55. The van der Waals surface area contributed by atoms with E-state index in [1.165, 1.54) is 29.3 Å². The summed E-state index contributed by atoms with van der Waals surface area (Å²) < 4.78 is 0. The van der Waals surface area contributed by atoms with E-state index in [2.05, 4.69) is 55.1 Å². The molecule has 22 heavy (non-hydrogen) atoms. The first kappa shape index (κ1) is 22.0. The fourth-order valence-corrected chi connectivity index (χ4v) is 5.83. The molecule has 0 nitrogen and oxygen atoms in total. The van der Waals surface area contributed by atoms with E-state index in [9.17, 15) is 0 Å². The van der Waals surface area contributed by atoms with Gasteiger partial charge in [0.15, 0.2) is 0 Å². The van der Waals surface area contributed by atoms with Crippen LogP contribution in [0.1, 0.15) is 12.8 Å². The Morgan fingerprint density at radius 2 is 1.86 bits per heavy atom. The second kappa shape index (κ2) is 9.98. The van der Waals surface area contributed by atoms with E-state index in [1.54, 1.807) is 5.19 Å². The first-order chi connectivity index (χ1) is 9.28. The molecule has 1 aliphatic heterocycles. The standard InChI is InChI=1S/C13H15Si.C5H5.2ClH.Zr/c1-14(7-4-8-14)13-9-11-5-2-3-6-12(11)10-13;1-2-4-5-3-1;;;/h2-3,5-6,9-10H,4,7-8H2,1H3;1-3H,4H2;2*1H;/q2*-1;;;+4/p-2. The first-order valence-electron chi connectivity index (χ1n) is 7.16. The van der Waals surface area contributed by atoms with Crippen LogP contribution >= 0.6 is 0 Å². The maximum atomic E-state index is 2.99. The quantitative estimate of drug-likeness (QED) is 0.387. The van der Waals surface area contributed by atoms with Gasteiger partial charge in [0.25, 0.3) is 0 Å². The third-order valence-corrected chi connectivity index (χ3v) is 8.95. The molecular weight excluding hydrogens is 406 g/mol. The third-order valence-electron chi connectivity index (χ3n) is 4.36. The van der Waals surface area contributed by atoms with Gasteiger partial charge in [-0.15, -0.1) is 41.3 Å². The van der Waals surface area contributed by atoms with E-state index in [0.717, 1.165) is 6.42 Å². The van der Waals surface area contributed by atoms with Crippen LogP contribution in [-0.4, -0.2) is 8.07 Å². The van der Waals surface area contributed by atoms with Crippen molar-refractivity contribution in [3.63, 3.8) is 0 Å². The Balaban J connectivity index is 0.000000482. The van der Waals surface area contributed by atoms with E-state index in [0.29, 0.717) is 0 Å². The number of rotatable bonds is 1. The fraction of sp³-hybridized carbons (Fsp3) is 0.278. The van der Waals surface area contributed by atoms with Crippen molar-refractivity contribution in [3.8, 4) is 0 Å². The van der Waals surface area contributed by atoms with Crippen molar-refractivity contribution in [1.29, 1.82) is 0 Å². The molecule has 1 saturated heterocycles. The predicted octanol–water partition coefficient (Wildman–Crippen LogP) is -1.44. The van der Waals surface area contributed by atoms with Gasteiger partial charge >= 0.3 is 26.2 Å². The second-order valence-corrected chi connectivity index (χ2v) is 10.5. The summed E-state index contributed by atoms with van der Waals surface area (Å²) in [6, 6.07) is 16.6. The summed E-state index contributed by atoms with van der Waals surface area (Å²) in [6.45, 7) is 2.53. The van der Waals surface area contributed by atoms with Gasteiger partial charge in [-0.05, 0) is 0 Å². The number of allylic oxidation sites excluding steroid dienone is 4. The van der Waals surface area contributed by atoms with Crippen LogP contribution in [0.25, 0.3) is 10.8 Å². The molecule has 0 bridgehead atoms. The van der Waals surface area contributed by atoms with Gasteiger partial charge in [0.05, 0.1) is 8.07 Å². The van der Waals surface area contributed by atoms with Crippen molar-refractivity contribution < 1.29 is 51.0 Å². The SMILES string of the molecule is C[Si]1(c2cc3ccccc3[cH-]2)CCC1.[C-]1=CC=CC1.[Cl-].[Cl-].[Zr+4]. The zero-order valence-electron chi connectivity index (χ0n) is 12.8. The molecule has 2 aromatic carbocycles. The maximum absolute atomic E-state index is 2.99. The first-order valence-corrected chi connectivity index (χ1v) is 10.1. The van der Waals surface area contributed by atoms with Crippen molar-refractivity contribution in [2.45, 2.75) is 31.5 Å². The number of fused-ring (bicyclic) bond motifs is 1. The van der Waals surface area contributed by atoms with Crippen LogP contribution < -0.4 is 30.0 Å². The Labute approximate surface area is 166 Å². The van der Waals surface area contributed by atoms with Gasteiger partial charge < -0.3 is 24.8 Å². The van der Waals surface area contributed by atoms with Gasteiger partial charge in [0, 0.05) is 0 Å². The van der Waals surface area contributed by atoms with Gasteiger partial charge in [-0.2, -0.15) is 17.5 Å². The summed E-state index contributed by atoms with van der Waals surface area (Å²) in [5.74, 6) is 0. The van der Waals surface area contributed by atoms with Crippen LogP contribution in [0.4, 0.5) is 0 Å². The molecule has 0 saturated carbocycles. The van der Waals surface area contributed by atoms with Crippen LogP contribution in [0.5, 0.6) is 0 Å². The van der Waals surface area contributed by atoms with Gasteiger partial charge in [-0.3, -0.25) is 6.08 Å². The topological polar surface area (TPSA) is 0 Å². The average molecular weight is 427 g/mol. The monoisotopic (exact) mass is 424 g/mol. The van der Waals surface area contributed by atoms with Crippen LogP contribution in [0.3, 0.4) is 0 Å². The van der Waals surface area contributed by atoms with Crippen molar-refractivity contribution in [2.75, 3.05) is 0 Å². The molecule has 1 heterocycles. The zero-order valence-corrected chi connectivity index (χ0v) is 17.8. The minimum Gasteiger partial charge on any atom is -1.00 e. The van der Waals surface area contributed by atoms with Crippen LogP contribution in [0.15, 0.2) is 54.6 Å². The molecule has 0 radical (unpaired) electrons. The minimum atomic E-state index is -0.956. The van der Waals surface area contributed by atoms with Crippen LogP contribution in [0, 0.1) is 6.08 Å². The van der Waals surface area contributed by atoms with Gasteiger partial charge in [-0.1, -0.05) is 31.1 Å². The van der Waals surface area contributed by atoms with Gasteiger partial charge in [-0.25, -0.2) is 12.2 Å². The molecular formula is C18H20Cl2SiZr. The van der Waals surface area contributed by atoms with Crippen molar-refractivity contribution in [3.05, 3.63) is 60.7 Å². The van der Waals surface area contributed by atoms with E-state index in [-0.39, 0.29) is 51.0 Å². The molecule has 2 aromatic rings. The largest absolute Gasteiger partial charge is 4.00 e. The Kier molecular flexibility index (Phi) is 9.98. The zero-order chi connectivity index (χ0) is 13.1. The summed E-state index contributed by atoms with van der Waals surface area (Å²) in [5.41, 5.74) is 0. The third kappa shape index (κ3) is 4.99. The van der Waals surface area contributed by atoms with Crippen molar-refractivity contribution in [2.24, 2.45) is 0 Å². The molecule has 114 valence electrons. The molecule has 0 amide bonds. The Hall–Kier alpha value is -0.01000. The Bertz CT molecular complexity index is 584. The van der Waals surface area contributed by atoms with E-state index < -0.39 is 8.07 Å². The molecule has 0 unspecified atom stereocenters. The Morgan fingerprint density at radius 1 is 1.14 bits per heavy atom. The van der Waals surface area contributed by atoms with E-state index in [4.69, 9.17) is 0 Å². The predicted molar refractivity (Wildman–Crippen MR) is 86.6 cm³/mol. The molecule has 1 fully saturated rings. The summed E-state index contributed by atoms with van der Waals surface area (Å²) >= 11 is 0. The van der Waals surface area contributed by atoms with Crippen LogP contribution in [-0.2, 0) is 26.2 Å². The molecule has 4 heteroatoms. The molecule has 0 atom stereocenters. The van der Waals surface area contributed by atoms with Gasteiger partial charge in [0.1, 0.15) is 0 Å².